The quantitative estimate of drug-likeness (QED) is 0.797. The van der Waals surface area contributed by atoms with E-state index in [2.05, 4.69) is 17.2 Å². The summed E-state index contributed by atoms with van der Waals surface area (Å²) >= 11 is 0. The van der Waals surface area contributed by atoms with Crippen LogP contribution in [0.3, 0.4) is 0 Å². The second kappa shape index (κ2) is 7.09. The average molecular weight is 273 g/mol. The van der Waals surface area contributed by atoms with Crippen molar-refractivity contribution in [3.8, 4) is 11.8 Å². The molecule has 1 aliphatic heterocycles. The van der Waals surface area contributed by atoms with E-state index in [1.54, 1.807) is 12.1 Å². The van der Waals surface area contributed by atoms with Crippen LogP contribution in [0.1, 0.15) is 34.3 Å². The molecule has 0 bridgehead atoms. The van der Waals surface area contributed by atoms with Crippen LogP contribution in [0.4, 0.5) is 0 Å². The molecule has 2 N–H and O–H groups in total. The van der Waals surface area contributed by atoms with Gasteiger partial charge in [0.15, 0.2) is 0 Å². The highest BCUT2D eigenvalue weighted by Gasteiger charge is 2.18. The number of hydrogen-bond acceptors (Lipinski definition) is 3. The molecule has 1 aromatic rings. The van der Waals surface area contributed by atoms with Crippen molar-refractivity contribution in [1.29, 1.82) is 0 Å². The van der Waals surface area contributed by atoms with E-state index in [9.17, 15) is 4.79 Å². The molecule has 1 amide bonds. The fourth-order valence-corrected chi connectivity index (χ4v) is 2.27. The Morgan fingerprint density at radius 1 is 1.55 bits per heavy atom. The van der Waals surface area contributed by atoms with Gasteiger partial charge in [-0.05, 0) is 37.5 Å². The Hall–Kier alpha value is -1.83. The summed E-state index contributed by atoms with van der Waals surface area (Å²) in [5.74, 6) is 5.37. The molecule has 0 radical (unpaired) electrons. The molecule has 1 unspecified atom stereocenters. The number of aliphatic hydroxyl groups excluding tert-OH is 1. The maximum Gasteiger partial charge on any atom is 0.251 e. The molecule has 106 valence electrons. The summed E-state index contributed by atoms with van der Waals surface area (Å²) in [4.78, 5) is 12.3. The molecule has 0 aliphatic carbocycles. The number of ether oxygens (including phenoxy) is 1. The van der Waals surface area contributed by atoms with Gasteiger partial charge in [0, 0.05) is 17.7 Å². The highest BCUT2D eigenvalue weighted by atomic mass is 16.5. The topological polar surface area (TPSA) is 58.6 Å². The number of carbonyl (C=O) groups is 1. The largest absolute Gasteiger partial charge is 0.384 e. The maximum atomic E-state index is 12.3. The summed E-state index contributed by atoms with van der Waals surface area (Å²) in [5, 5.41) is 11.7. The van der Waals surface area contributed by atoms with E-state index < -0.39 is 0 Å². The molecule has 0 saturated carbocycles. The van der Waals surface area contributed by atoms with Crippen LogP contribution in [0.5, 0.6) is 0 Å². The molecule has 2 rings (SSSR count). The fourth-order valence-electron chi connectivity index (χ4n) is 2.27. The third kappa shape index (κ3) is 3.60. The number of rotatable bonds is 2. The molecule has 20 heavy (non-hydrogen) atoms. The van der Waals surface area contributed by atoms with Crippen molar-refractivity contribution in [1.82, 2.24) is 5.32 Å². The van der Waals surface area contributed by atoms with E-state index >= 15 is 0 Å². The normalized spacial score (nSPS) is 18.0. The number of aliphatic hydroxyl groups is 1. The minimum absolute atomic E-state index is 0.0860. The van der Waals surface area contributed by atoms with Gasteiger partial charge in [-0.3, -0.25) is 4.79 Å². The molecule has 1 saturated heterocycles. The molecular weight excluding hydrogens is 254 g/mol. The first-order chi connectivity index (χ1) is 9.72. The van der Waals surface area contributed by atoms with Gasteiger partial charge in [-0.1, -0.05) is 17.9 Å². The Labute approximate surface area is 119 Å². The molecule has 1 atom stereocenters. The lowest BCUT2D eigenvalue weighted by molar-refractivity contribution is 0.0624. The van der Waals surface area contributed by atoms with E-state index in [4.69, 9.17) is 9.84 Å². The molecule has 4 heteroatoms. The van der Waals surface area contributed by atoms with Gasteiger partial charge in [0.2, 0.25) is 0 Å². The third-order valence-corrected chi connectivity index (χ3v) is 3.38. The van der Waals surface area contributed by atoms with Crippen molar-refractivity contribution in [3.63, 3.8) is 0 Å². The van der Waals surface area contributed by atoms with Crippen LogP contribution in [0, 0.1) is 18.8 Å². The molecule has 1 heterocycles. The molecule has 1 aromatic carbocycles. The van der Waals surface area contributed by atoms with E-state index in [1.807, 2.05) is 13.0 Å². The van der Waals surface area contributed by atoms with E-state index in [0.717, 1.165) is 30.6 Å². The van der Waals surface area contributed by atoms with E-state index in [-0.39, 0.29) is 18.6 Å². The summed E-state index contributed by atoms with van der Waals surface area (Å²) in [6.45, 7) is 3.04. The van der Waals surface area contributed by atoms with Gasteiger partial charge < -0.3 is 15.2 Å². The highest BCUT2D eigenvalue weighted by Crippen LogP contribution is 2.14. The van der Waals surface area contributed by atoms with Crippen LogP contribution in [-0.4, -0.2) is 36.9 Å². The predicted molar refractivity (Wildman–Crippen MR) is 76.5 cm³/mol. The first kappa shape index (κ1) is 14.6. The van der Waals surface area contributed by atoms with Crippen molar-refractivity contribution in [2.75, 3.05) is 19.8 Å². The maximum absolute atomic E-state index is 12.3. The highest BCUT2D eigenvalue weighted by molar-refractivity contribution is 5.96. The summed E-state index contributed by atoms with van der Waals surface area (Å²) in [6.07, 6.45) is 1.93. The number of benzene rings is 1. The van der Waals surface area contributed by atoms with Gasteiger partial charge in [-0.2, -0.15) is 0 Å². The second-order valence-corrected chi connectivity index (χ2v) is 4.83. The molecule has 1 fully saturated rings. The van der Waals surface area contributed by atoms with E-state index in [0.29, 0.717) is 12.2 Å². The molecule has 0 spiro atoms. The predicted octanol–water partition coefficient (Wildman–Crippen LogP) is 1.25. The molecular formula is C16H19NO3. The van der Waals surface area contributed by atoms with Crippen LogP contribution in [0.15, 0.2) is 18.2 Å². The van der Waals surface area contributed by atoms with Crippen LogP contribution in [-0.2, 0) is 4.74 Å². The van der Waals surface area contributed by atoms with Crippen molar-refractivity contribution in [2.24, 2.45) is 0 Å². The van der Waals surface area contributed by atoms with E-state index in [1.165, 1.54) is 0 Å². The summed E-state index contributed by atoms with van der Waals surface area (Å²) in [6, 6.07) is 5.53. The Bertz CT molecular complexity index is 536. The van der Waals surface area contributed by atoms with Gasteiger partial charge in [0.05, 0.1) is 12.6 Å². The van der Waals surface area contributed by atoms with Gasteiger partial charge in [0.1, 0.15) is 6.61 Å². The smallest absolute Gasteiger partial charge is 0.251 e. The lowest BCUT2D eigenvalue weighted by atomic mass is 10.0. The number of amides is 1. The lowest BCUT2D eigenvalue weighted by Crippen LogP contribution is -2.40. The average Bonchev–Trinajstić information content (AvgIpc) is 2.47. The van der Waals surface area contributed by atoms with Crippen molar-refractivity contribution < 1.29 is 14.6 Å². The Kier molecular flexibility index (Phi) is 5.16. The van der Waals surface area contributed by atoms with Gasteiger partial charge >= 0.3 is 0 Å². The van der Waals surface area contributed by atoms with Crippen molar-refractivity contribution >= 4 is 5.91 Å². The van der Waals surface area contributed by atoms with Crippen LogP contribution in [0.2, 0.25) is 0 Å². The fraction of sp³-hybridized carbons (Fsp3) is 0.438. The zero-order valence-corrected chi connectivity index (χ0v) is 11.6. The monoisotopic (exact) mass is 273 g/mol. The standard InChI is InChI=1S/C16H19NO3/c1-12-13(6-3-9-18)5-2-8-15(12)16(19)17-14-7-4-10-20-11-14/h2,5,8,14,18H,4,7,9-11H2,1H3,(H,17,19). The van der Waals surface area contributed by atoms with Gasteiger partial charge in [-0.25, -0.2) is 0 Å². The van der Waals surface area contributed by atoms with Crippen LogP contribution in [0.25, 0.3) is 0 Å². The third-order valence-electron chi connectivity index (χ3n) is 3.38. The van der Waals surface area contributed by atoms with Crippen molar-refractivity contribution in [3.05, 3.63) is 34.9 Å². The summed E-state index contributed by atoms with van der Waals surface area (Å²) in [7, 11) is 0. The van der Waals surface area contributed by atoms with Gasteiger partial charge in [-0.15, -0.1) is 0 Å². The molecule has 1 aliphatic rings. The zero-order valence-electron chi connectivity index (χ0n) is 11.6. The minimum atomic E-state index is -0.185. The zero-order chi connectivity index (χ0) is 14.4. The lowest BCUT2D eigenvalue weighted by Gasteiger charge is -2.23. The van der Waals surface area contributed by atoms with Crippen molar-refractivity contribution in [2.45, 2.75) is 25.8 Å². The SMILES string of the molecule is Cc1c(C#CCO)cccc1C(=O)NC1CCCOC1. The number of hydrogen-bond donors (Lipinski definition) is 2. The second-order valence-electron chi connectivity index (χ2n) is 4.83. The first-order valence-electron chi connectivity index (χ1n) is 6.80. The number of carbonyl (C=O) groups excluding carboxylic acids is 1. The van der Waals surface area contributed by atoms with Crippen LogP contribution < -0.4 is 5.32 Å². The molecule has 0 aromatic heterocycles. The Morgan fingerprint density at radius 3 is 3.10 bits per heavy atom. The summed E-state index contributed by atoms with van der Waals surface area (Å²) < 4.78 is 5.36. The minimum Gasteiger partial charge on any atom is -0.384 e. The first-order valence-corrected chi connectivity index (χ1v) is 6.80. The molecule has 4 nitrogen and oxygen atoms in total. The Balaban J connectivity index is 2.13. The van der Waals surface area contributed by atoms with Crippen LogP contribution >= 0.6 is 0 Å². The Morgan fingerprint density at radius 2 is 2.40 bits per heavy atom. The number of nitrogens with one attached hydrogen (secondary N) is 1. The van der Waals surface area contributed by atoms with Gasteiger partial charge in [0.25, 0.3) is 5.91 Å². The summed E-state index contributed by atoms with van der Waals surface area (Å²) in [5.41, 5.74) is 2.23.